The number of benzene rings is 1. The molecule has 1 aliphatic heterocycles. The smallest absolute Gasteiger partial charge is 0.332 e. The average molecular weight is 327 g/mol. The van der Waals surface area contributed by atoms with Crippen molar-refractivity contribution < 1.29 is 24.6 Å². The number of carbonyl (C=O) groups excluding carboxylic acids is 1. The van der Waals surface area contributed by atoms with E-state index in [2.05, 4.69) is 0 Å². The highest BCUT2D eigenvalue weighted by Gasteiger charge is 2.37. The van der Waals surface area contributed by atoms with E-state index >= 15 is 0 Å². The summed E-state index contributed by atoms with van der Waals surface area (Å²) in [5.41, 5.74) is 1.27. The number of piperidine rings is 1. The first-order valence-corrected chi connectivity index (χ1v) is 7.72. The third-order valence-electron chi connectivity index (χ3n) is 4.56. The monoisotopic (exact) mass is 327 g/mol. The van der Waals surface area contributed by atoms with Crippen LogP contribution >= 0.6 is 0 Å². The van der Waals surface area contributed by atoms with Gasteiger partial charge in [-0.3, -0.25) is 4.79 Å². The Kier molecular flexibility index (Phi) is 4.20. The van der Waals surface area contributed by atoms with E-state index < -0.39 is 17.9 Å². The second-order valence-electron chi connectivity index (χ2n) is 5.91. The molecule has 2 N–H and O–H groups in total. The molecule has 0 bridgehead atoms. The van der Waals surface area contributed by atoms with E-state index in [9.17, 15) is 24.6 Å². The van der Waals surface area contributed by atoms with Crippen molar-refractivity contribution in [2.24, 2.45) is 5.92 Å². The summed E-state index contributed by atoms with van der Waals surface area (Å²) in [6, 6.07) is 8.79. The molecule has 0 saturated carbocycles. The molecule has 2 aliphatic rings. The molecule has 1 fully saturated rings. The van der Waals surface area contributed by atoms with Crippen molar-refractivity contribution in [2.75, 3.05) is 13.1 Å². The van der Waals surface area contributed by atoms with Crippen molar-refractivity contribution >= 4 is 17.8 Å². The number of hydrogen-bond donors (Lipinski definition) is 2. The van der Waals surface area contributed by atoms with Gasteiger partial charge in [0.2, 0.25) is 0 Å². The lowest BCUT2D eigenvalue weighted by molar-refractivity contribution is -0.136. The summed E-state index contributed by atoms with van der Waals surface area (Å²) in [7, 11) is 0. The van der Waals surface area contributed by atoms with E-state index in [1.807, 2.05) is 6.07 Å². The zero-order chi connectivity index (χ0) is 17.3. The van der Waals surface area contributed by atoms with Crippen LogP contribution in [0.4, 0.5) is 0 Å². The van der Waals surface area contributed by atoms with Crippen molar-refractivity contribution in [1.29, 1.82) is 0 Å². The van der Waals surface area contributed by atoms with Crippen molar-refractivity contribution in [3.8, 4) is 0 Å². The predicted octanol–water partition coefficient (Wildman–Crippen LogP) is 1.94. The van der Waals surface area contributed by atoms with Crippen LogP contribution in [0.3, 0.4) is 0 Å². The zero-order valence-electron chi connectivity index (χ0n) is 12.9. The number of fused-ring (bicyclic) bond motifs is 1. The van der Waals surface area contributed by atoms with Gasteiger partial charge in [0.1, 0.15) is 0 Å². The van der Waals surface area contributed by atoms with E-state index in [0.717, 1.165) is 5.57 Å². The molecule has 0 aromatic heterocycles. The van der Waals surface area contributed by atoms with Crippen LogP contribution in [0.5, 0.6) is 0 Å². The van der Waals surface area contributed by atoms with Crippen LogP contribution in [-0.2, 0) is 9.59 Å². The Morgan fingerprint density at radius 1 is 1.04 bits per heavy atom. The number of carbonyl (C=O) groups is 3. The topological polar surface area (TPSA) is 94.9 Å². The van der Waals surface area contributed by atoms with Crippen molar-refractivity contribution in [3.63, 3.8) is 0 Å². The standard InChI is InChI=1S/C18H17NO5/c20-16(12-4-2-1-3-5-12)19-9-8-11-6-7-13(17(21)22)15(18(23)24)14(11)10-19/h1-6,14H,7-10H2,(H,21,22)(H,23,24). The fraction of sp³-hybridized carbons (Fsp3) is 0.278. The number of likely N-dealkylation sites (tertiary alicyclic amines) is 1. The Morgan fingerprint density at radius 2 is 1.75 bits per heavy atom. The number of carboxylic acid groups (broad SMARTS) is 2. The molecule has 1 unspecified atom stereocenters. The zero-order valence-corrected chi connectivity index (χ0v) is 12.9. The first-order valence-electron chi connectivity index (χ1n) is 7.72. The molecule has 1 aliphatic carbocycles. The number of aliphatic carboxylic acids is 2. The minimum atomic E-state index is -1.22. The number of carboxylic acids is 2. The largest absolute Gasteiger partial charge is 0.478 e. The van der Waals surface area contributed by atoms with Crippen molar-refractivity contribution in [1.82, 2.24) is 4.90 Å². The molecule has 6 heteroatoms. The summed E-state index contributed by atoms with van der Waals surface area (Å²) in [6.07, 6.45) is 2.48. The Labute approximate surface area is 138 Å². The third kappa shape index (κ3) is 2.82. The Balaban J connectivity index is 1.90. The quantitative estimate of drug-likeness (QED) is 0.827. The van der Waals surface area contributed by atoms with Crippen molar-refractivity contribution in [3.05, 3.63) is 58.7 Å². The highest BCUT2D eigenvalue weighted by molar-refractivity contribution is 6.01. The molecule has 1 amide bonds. The molecule has 124 valence electrons. The average Bonchev–Trinajstić information content (AvgIpc) is 2.60. The molecule has 24 heavy (non-hydrogen) atoms. The van der Waals surface area contributed by atoms with E-state index in [-0.39, 0.29) is 30.0 Å². The number of allylic oxidation sites excluding steroid dienone is 1. The number of hydrogen-bond acceptors (Lipinski definition) is 3. The number of amides is 1. The summed E-state index contributed by atoms with van der Waals surface area (Å²) in [5.74, 6) is -3.16. The maximum absolute atomic E-state index is 12.6. The van der Waals surface area contributed by atoms with E-state index in [1.54, 1.807) is 35.2 Å². The van der Waals surface area contributed by atoms with E-state index in [0.29, 0.717) is 18.5 Å². The highest BCUT2D eigenvalue weighted by Crippen LogP contribution is 2.36. The molecule has 1 aromatic carbocycles. The Bertz CT molecular complexity index is 763. The molecule has 3 rings (SSSR count). The SMILES string of the molecule is O=C(O)C1=C(C(=O)O)C2CN(C(=O)c3ccccc3)CCC2=CC1. The van der Waals surface area contributed by atoms with Crippen LogP contribution in [0.1, 0.15) is 23.2 Å². The third-order valence-corrected chi connectivity index (χ3v) is 4.56. The summed E-state index contributed by atoms with van der Waals surface area (Å²) in [5, 5.41) is 18.8. The van der Waals surface area contributed by atoms with Gasteiger partial charge in [0.05, 0.1) is 11.1 Å². The van der Waals surface area contributed by atoms with Gasteiger partial charge in [0.25, 0.3) is 5.91 Å². The normalized spacial score (nSPS) is 20.2. The van der Waals surface area contributed by atoms with Gasteiger partial charge in [0, 0.05) is 24.6 Å². The molecule has 1 heterocycles. The fourth-order valence-corrected chi connectivity index (χ4v) is 3.37. The predicted molar refractivity (Wildman–Crippen MR) is 85.5 cm³/mol. The maximum atomic E-state index is 12.6. The maximum Gasteiger partial charge on any atom is 0.332 e. The summed E-state index contributed by atoms with van der Waals surface area (Å²) >= 11 is 0. The van der Waals surface area contributed by atoms with Crippen LogP contribution in [0.15, 0.2) is 53.1 Å². The Morgan fingerprint density at radius 3 is 2.38 bits per heavy atom. The van der Waals surface area contributed by atoms with E-state index in [1.165, 1.54) is 0 Å². The van der Waals surface area contributed by atoms with Crippen LogP contribution in [-0.4, -0.2) is 46.0 Å². The molecule has 1 saturated heterocycles. The summed E-state index contributed by atoms with van der Waals surface area (Å²) < 4.78 is 0. The summed E-state index contributed by atoms with van der Waals surface area (Å²) in [6.45, 7) is 0.698. The molecular formula is C18H17NO5. The van der Waals surface area contributed by atoms with Gasteiger partial charge in [-0.1, -0.05) is 29.8 Å². The van der Waals surface area contributed by atoms with Crippen LogP contribution in [0.2, 0.25) is 0 Å². The van der Waals surface area contributed by atoms with Gasteiger partial charge in [-0.05, 0) is 25.0 Å². The van der Waals surface area contributed by atoms with E-state index in [4.69, 9.17) is 0 Å². The van der Waals surface area contributed by atoms with Gasteiger partial charge < -0.3 is 15.1 Å². The fourth-order valence-electron chi connectivity index (χ4n) is 3.37. The number of nitrogens with zero attached hydrogens (tertiary/aromatic N) is 1. The first kappa shape index (κ1) is 16.0. The Hall–Kier alpha value is -2.89. The molecule has 0 radical (unpaired) electrons. The second kappa shape index (κ2) is 6.31. The van der Waals surface area contributed by atoms with Crippen LogP contribution in [0.25, 0.3) is 0 Å². The minimum Gasteiger partial charge on any atom is -0.478 e. The van der Waals surface area contributed by atoms with Crippen molar-refractivity contribution in [2.45, 2.75) is 12.8 Å². The lowest BCUT2D eigenvalue weighted by Gasteiger charge is -2.37. The van der Waals surface area contributed by atoms with Crippen LogP contribution < -0.4 is 0 Å². The second-order valence-corrected chi connectivity index (χ2v) is 5.91. The minimum absolute atomic E-state index is 0.0921. The van der Waals surface area contributed by atoms with Gasteiger partial charge in [-0.25, -0.2) is 9.59 Å². The first-order chi connectivity index (χ1) is 11.5. The lowest BCUT2D eigenvalue weighted by Crippen LogP contribution is -2.43. The lowest BCUT2D eigenvalue weighted by atomic mass is 9.78. The number of rotatable bonds is 3. The van der Waals surface area contributed by atoms with Gasteiger partial charge in [-0.15, -0.1) is 0 Å². The molecule has 1 atom stereocenters. The van der Waals surface area contributed by atoms with Gasteiger partial charge in [-0.2, -0.15) is 0 Å². The highest BCUT2D eigenvalue weighted by atomic mass is 16.4. The van der Waals surface area contributed by atoms with Crippen LogP contribution in [0, 0.1) is 5.92 Å². The molecule has 6 nitrogen and oxygen atoms in total. The molecule has 0 spiro atoms. The van der Waals surface area contributed by atoms with Gasteiger partial charge in [0.15, 0.2) is 0 Å². The summed E-state index contributed by atoms with van der Waals surface area (Å²) in [4.78, 5) is 37.2. The molecular weight excluding hydrogens is 310 g/mol. The molecule has 1 aromatic rings. The van der Waals surface area contributed by atoms with Gasteiger partial charge >= 0.3 is 11.9 Å².